The predicted molar refractivity (Wildman–Crippen MR) is 141 cm³/mol. The van der Waals surface area contributed by atoms with E-state index in [9.17, 15) is 14.7 Å². The number of nitrogens with one attached hydrogen (secondary N) is 3. The summed E-state index contributed by atoms with van der Waals surface area (Å²) >= 11 is 0. The molecule has 2 amide bonds. The minimum absolute atomic E-state index is 0.0285. The van der Waals surface area contributed by atoms with Crippen LogP contribution in [0.5, 0.6) is 0 Å². The Hall–Kier alpha value is -2.98. The standard InChI is InChI=1S/C28H36N6O4/c1-2-38-19-5-3-18(4-6-19)31-26(35)27(36)32-25-21-14-30-24-20(7-8-29-24)23(21)34(33-25)22-16-9-15-10-17(22)13-28(37,11-15)12-16/h7-8,14-19,22,37H,2-6,9-13H2,1H3,(H,29,30)(H,31,35)(H,32,33,36)/t15?,16-,17+,18-,19-,22+,28-. The molecular formula is C28H36N6O4. The zero-order valence-corrected chi connectivity index (χ0v) is 21.8. The van der Waals surface area contributed by atoms with Crippen molar-refractivity contribution in [2.45, 2.75) is 88.5 Å². The second-order valence-corrected chi connectivity index (χ2v) is 12.1. The van der Waals surface area contributed by atoms with Crippen molar-refractivity contribution in [2.75, 3.05) is 11.9 Å². The number of H-pyrrole nitrogens is 1. The number of aromatic nitrogens is 4. The summed E-state index contributed by atoms with van der Waals surface area (Å²) in [6.45, 7) is 2.68. The van der Waals surface area contributed by atoms with Crippen LogP contribution in [0.1, 0.15) is 70.8 Å². The van der Waals surface area contributed by atoms with Gasteiger partial charge in [0.2, 0.25) is 0 Å². The molecule has 1 unspecified atom stereocenters. The monoisotopic (exact) mass is 520 g/mol. The summed E-state index contributed by atoms with van der Waals surface area (Å²) in [7, 11) is 0. The lowest BCUT2D eigenvalue weighted by molar-refractivity contribution is -0.148. The lowest BCUT2D eigenvalue weighted by Crippen LogP contribution is -2.55. The Balaban J connectivity index is 1.16. The first-order valence-electron chi connectivity index (χ1n) is 14.2. The van der Waals surface area contributed by atoms with Gasteiger partial charge in [-0.2, -0.15) is 5.10 Å². The highest BCUT2D eigenvalue weighted by Gasteiger charge is 2.56. The fourth-order valence-corrected chi connectivity index (χ4v) is 8.31. The van der Waals surface area contributed by atoms with Crippen LogP contribution >= 0.6 is 0 Å². The number of aliphatic hydroxyl groups is 1. The molecule has 202 valence electrons. The number of rotatable bonds is 5. The van der Waals surface area contributed by atoms with Gasteiger partial charge in [0.1, 0.15) is 5.65 Å². The summed E-state index contributed by atoms with van der Waals surface area (Å²) in [6.07, 6.45) is 11.9. The molecule has 3 aromatic rings. The fraction of sp³-hybridized carbons (Fsp3) is 0.643. The van der Waals surface area contributed by atoms with E-state index in [1.165, 1.54) is 0 Å². The topological polar surface area (TPSA) is 134 Å². The molecule has 5 atom stereocenters. The minimum Gasteiger partial charge on any atom is -0.390 e. The van der Waals surface area contributed by atoms with Crippen LogP contribution in [-0.4, -0.2) is 61.0 Å². The van der Waals surface area contributed by atoms with Crippen molar-refractivity contribution in [1.29, 1.82) is 0 Å². The van der Waals surface area contributed by atoms with Crippen molar-refractivity contribution in [1.82, 2.24) is 25.1 Å². The summed E-state index contributed by atoms with van der Waals surface area (Å²) in [6, 6.07) is 2.11. The number of nitrogens with zero attached hydrogens (tertiary/aromatic N) is 3. The van der Waals surface area contributed by atoms with Gasteiger partial charge >= 0.3 is 11.8 Å². The molecular weight excluding hydrogens is 484 g/mol. The maximum absolute atomic E-state index is 13.0. The van der Waals surface area contributed by atoms with Gasteiger partial charge in [-0.1, -0.05) is 0 Å². The van der Waals surface area contributed by atoms with Gasteiger partial charge in [0, 0.05) is 30.4 Å². The molecule has 0 radical (unpaired) electrons. The molecule has 0 saturated heterocycles. The van der Waals surface area contributed by atoms with E-state index in [1.807, 2.05) is 19.2 Å². The van der Waals surface area contributed by atoms with Crippen molar-refractivity contribution in [3.63, 3.8) is 0 Å². The van der Waals surface area contributed by atoms with Gasteiger partial charge in [0.25, 0.3) is 0 Å². The van der Waals surface area contributed by atoms with Crippen LogP contribution < -0.4 is 10.6 Å². The number of carbonyl (C=O) groups is 2. The van der Waals surface area contributed by atoms with Crippen LogP contribution in [0.15, 0.2) is 18.5 Å². The van der Waals surface area contributed by atoms with E-state index in [-0.39, 0.29) is 18.2 Å². The number of hydrogen-bond acceptors (Lipinski definition) is 6. The number of hydrogen-bond donors (Lipinski definition) is 4. The number of carbonyl (C=O) groups excluding carboxylic acids is 2. The van der Waals surface area contributed by atoms with E-state index >= 15 is 0 Å². The average Bonchev–Trinajstić information content (AvgIpc) is 3.49. The second kappa shape index (κ2) is 9.05. The van der Waals surface area contributed by atoms with Gasteiger partial charge in [-0.3, -0.25) is 14.3 Å². The number of amides is 2. The van der Waals surface area contributed by atoms with Crippen LogP contribution in [0.3, 0.4) is 0 Å². The van der Waals surface area contributed by atoms with Crippen molar-refractivity contribution in [3.05, 3.63) is 18.5 Å². The van der Waals surface area contributed by atoms with Gasteiger partial charge in [-0.05, 0) is 88.5 Å². The molecule has 0 spiro atoms. The predicted octanol–water partition coefficient (Wildman–Crippen LogP) is 3.43. The molecule has 0 aromatic carbocycles. The lowest BCUT2D eigenvalue weighted by atomic mass is 9.52. The summed E-state index contributed by atoms with van der Waals surface area (Å²) in [4.78, 5) is 33.6. The Morgan fingerprint density at radius 3 is 2.61 bits per heavy atom. The zero-order valence-electron chi connectivity index (χ0n) is 21.8. The van der Waals surface area contributed by atoms with Gasteiger partial charge in [-0.15, -0.1) is 0 Å². The van der Waals surface area contributed by atoms with Gasteiger partial charge in [0.05, 0.1) is 28.6 Å². The fourth-order valence-electron chi connectivity index (χ4n) is 8.31. The normalized spacial score (nSPS) is 34.2. The maximum Gasteiger partial charge on any atom is 0.314 e. The van der Waals surface area contributed by atoms with Crippen molar-refractivity contribution in [3.8, 4) is 0 Å². The van der Waals surface area contributed by atoms with Crippen LogP contribution in [-0.2, 0) is 14.3 Å². The molecule has 38 heavy (non-hydrogen) atoms. The Morgan fingerprint density at radius 2 is 1.89 bits per heavy atom. The van der Waals surface area contributed by atoms with E-state index in [4.69, 9.17) is 9.84 Å². The smallest absolute Gasteiger partial charge is 0.314 e. The highest BCUT2D eigenvalue weighted by atomic mass is 16.5. The Morgan fingerprint density at radius 1 is 1.13 bits per heavy atom. The Labute approximate surface area is 220 Å². The van der Waals surface area contributed by atoms with E-state index < -0.39 is 17.4 Å². The number of fused-ring (bicyclic) bond motifs is 3. The summed E-state index contributed by atoms with van der Waals surface area (Å²) in [5.41, 5.74) is 1.14. The maximum atomic E-state index is 13.0. The number of anilines is 1. The van der Waals surface area contributed by atoms with Gasteiger partial charge < -0.3 is 25.5 Å². The van der Waals surface area contributed by atoms with E-state index in [0.29, 0.717) is 30.2 Å². The average molecular weight is 521 g/mol. The highest BCUT2D eigenvalue weighted by molar-refractivity contribution is 6.40. The second-order valence-electron chi connectivity index (χ2n) is 12.1. The van der Waals surface area contributed by atoms with Gasteiger partial charge in [0.15, 0.2) is 5.82 Å². The molecule has 4 N–H and O–H groups in total. The molecule has 5 aliphatic rings. The Kier molecular flexibility index (Phi) is 5.74. The van der Waals surface area contributed by atoms with E-state index in [0.717, 1.165) is 79.7 Å². The molecule has 3 aromatic heterocycles. The third-order valence-electron chi connectivity index (χ3n) is 9.57. The molecule has 5 fully saturated rings. The molecule has 5 saturated carbocycles. The molecule has 4 bridgehead atoms. The molecule has 0 aliphatic heterocycles. The van der Waals surface area contributed by atoms with Crippen LogP contribution in [0.2, 0.25) is 0 Å². The Bertz CT molecular complexity index is 1370. The summed E-state index contributed by atoms with van der Waals surface area (Å²) < 4.78 is 7.77. The minimum atomic E-state index is -0.711. The van der Waals surface area contributed by atoms with E-state index in [1.54, 1.807) is 6.20 Å². The number of ether oxygens (including phenoxy) is 1. The summed E-state index contributed by atoms with van der Waals surface area (Å²) in [5, 5.41) is 23.4. The van der Waals surface area contributed by atoms with Crippen molar-refractivity contribution >= 4 is 39.6 Å². The first-order chi connectivity index (χ1) is 18.4. The quantitative estimate of drug-likeness (QED) is 0.381. The zero-order chi connectivity index (χ0) is 26.0. The highest BCUT2D eigenvalue weighted by Crippen LogP contribution is 2.60. The third kappa shape index (κ3) is 4.00. The SMILES string of the molecule is CCO[C@H]1CC[C@H](NC(=O)C(=O)Nc2nn([C@H]3[C@@H]4CC5C[C@H]3C[C@@](O)(C5)C4)c3c2cnc2[nH]ccc23)CC1. The van der Waals surface area contributed by atoms with Crippen LogP contribution in [0, 0.1) is 17.8 Å². The lowest BCUT2D eigenvalue weighted by Gasteiger charge is -2.57. The molecule has 8 rings (SSSR count). The van der Waals surface area contributed by atoms with Gasteiger partial charge in [-0.25, -0.2) is 4.98 Å². The molecule has 10 heteroatoms. The molecule has 10 nitrogen and oxygen atoms in total. The molecule has 3 heterocycles. The molecule has 5 aliphatic carbocycles. The number of pyridine rings is 1. The van der Waals surface area contributed by atoms with Crippen LogP contribution in [0.4, 0.5) is 5.82 Å². The largest absolute Gasteiger partial charge is 0.390 e. The first-order valence-corrected chi connectivity index (χ1v) is 14.2. The van der Waals surface area contributed by atoms with Crippen LogP contribution in [0.25, 0.3) is 21.9 Å². The van der Waals surface area contributed by atoms with Crippen molar-refractivity contribution < 1.29 is 19.4 Å². The van der Waals surface area contributed by atoms with Crippen molar-refractivity contribution in [2.24, 2.45) is 17.8 Å². The first kappa shape index (κ1) is 24.1. The summed E-state index contributed by atoms with van der Waals surface area (Å²) in [5.74, 6) is 0.279. The van der Waals surface area contributed by atoms with E-state index in [2.05, 4.69) is 25.3 Å². The number of aromatic amines is 1. The third-order valence-corrected chi connectivity index (χ3v) is 9.57.